The lowest BCUT2D eigenvalue weighted by Gasteiger charge is -2.43. The number of carbonyl (C=O) groups excluding carboxylic acids is 1. The lowest BCUT2D eigenvalue weighted by Crippen LogP contribution is -2.59. The molecule has 0 saturated carbocycles. The van der Waals surface area contributed by atoms with Crippen LogP contribution in [0.15, 0.2) is 42.5 Å². The van der Waals surface area contributed by atoms with Gasteiger partial charge in [-0.15, -0.1) is 11.3 Å². The lowest BCUT2D eigenvalue weighted by atomic mass is 9.68. The molecule has 10 heteroatoms. The minimum atomic E-state index is -4.71. The van der Waals surface area contributed by atoms with E-state index >= 15 is 0 Å². The number of hydrogen-bond acceptors (Lipinski definition) is 7. The van der Waals surface area contributed by atoms with E-state index in [1.807, 2.05) is 12.1 Å². The summed E-state index contributed by atoms with van der Waals surface area (Å²) in [6.07, 6.45) is 0.00174. The van der Waals surface area contributed by atoms with E-state index in [0.29, 0.717) is 0 Å². The van der Waals surface area contributed by atoms with Gasteiger partial charge in [-0.1, -0.05) is 25.8 Å². The molecule has 2 aromatic carbocycles. The van der Waals surface area contributed by atoms with E-state index in [1.165, 1.54) is 23.3 Å². The predicted octanol–water partition coefficient (Wildman–Crippen LogP) is 8.67. The highest BCUT2D eigenvalue weighted by Gasteiger charge is 2.54. The van der Waals surface area contributed by atoms with Gasteiger partial charge in [0.25, 0.3) is 0 Å². The summed E-state index contributed by atoms with van der Waals surface area (Å²) in [7, 11) is 1.65. The van der Waals surface area contributed by atoms with Gasteiger partial charge in [0.1, 0.15) is 30.1 Å². The Balaban J connectivity index is 1.76. The van der Waals surface area contributed by atoms with E-state index in [0.717, 1.165) is 52.5 Å². The third-order valence-corrected chi connectivity index (χ3v) is 9.75. The van der Waals surface area contributed by atoms with Gasteiger partial charge in [-0.2, -0.15) is 13.2 Å². The highest BCUT2D eigenvalue weighted by molar-refractivity contribution is 7.22. The van der Waals surface area contributed by atoms with Crippen molar-refractivity contribution in [2.45, 2.75) is 97.8 Å². The van der Waals surface area contributed by atoms with Crippen LogP contribution < -0.4 is 20.9 Å². The van der Waals surface area contributed by atoms with Crippen LogP contribution >= 0.6 is 11.3 Å². The number of hydrogen-bond donors (Lipinski definition) is 2. The van der Waals surface area contributed by atoms with Gasteiger partial charge in [-0.05, 0) is 108 Å². The van der Waals surface area contributed by atoms with E-state index in [4.69, 9.17) is 25.7 Å². The zero-order valence-electron chi connectivity index (χ0n) is 27.8. The summed E-state index contributed by atoms with van der Waals surface area (Å²) in [4.78, 5) is 14.1. The Morgan fingerprint density at radius 2 is 1.60 bits per heavy atom. The fraction of sp³-hybridized carbons (Fsp3) is 0.571. The van der Waals surface area contributed by atoms with Gasteiger partial charge in [0.15, 0.2) is 0 Å². The van der Waals surface area contributed by atoms with Gasteiger partial charge < -0.3 is 25.7 Å². The van der Waals surface area contributed by atoms with Crippen LogP contribution in [0.1, 0.15) is 79.7 Å². The van der Waals surface area contributed by atoms with Crippen molar-refractivity contribution >= 4 is 27.4 Å². The quantitative estimate of drug-likeness (QED) is 0.126. The molecule has 4 N–H and O–H groups in total. The first kappa shape index (κ1) is 36.6. The SMILES string of the molecule is CCCCCc1ccc(-c2cc3ccc(OCC(C)(COC(=O)C(C)(C)C(C)(N)CC(C)(C)N)C(F)(F)F)cc3s2)c(OC)c1. The Hall–Kier alpha value is -2.82. The molecule has 0 aliphatic carbocycles. The molecule has 0 aliphatic heterocycles. The summed E-state index contributed by atoms with van der Waals surface area (Å²) in [5.74, 6) is 0.243. The van der Waals surface area contributed by atoms with Gasteiger partial charge in [0, 0.05) is 26.2 Å². The van der Waals surface area contributed by atoms with Crippen LogP contribution in [0.4, 0.5) is 13.2 Å². The normalized spacial score (nSPS) is 15.4. The molecule has 2 unspecified atom stereocenters. The Labute approximate surface area is 269 Å². The average molecular weight is 651 g/mol. The van der Waals surface area contributed by atoms with Crippen molar-refractivity contribution in [3.8, 4) is 21.9 Å². The van der Waals surface area contributed by atoms with E-state index in [1.54, 1.807) is 53.9 Å². The maximum absolute atomic E-state index is 14.3. The summed E-state index contributed by atoms with van der Waals surface area (Å²) in [6.45, 7) is 9.83. The fourth-order valence-corrected chi connectivity index (χ4v) is 6.28. The Bertz CT molecular complexity index is 1460. The molecule has 1 heterocycles. The number of halogens is 3. The van der Waals surface area contributed by atoms with Crippen molar-refractivity contribution in [1.29, 1.82) is 0 Å². The van der Waals surface area contributed by atoms with Gasteiger partial charge >= 0.3 is 12.1 Å². The highest BCUT2D eigenvalue weighted by atomic mass is 32.1. The average Bonchev–Trinajstić information content (AvgIpc) is 3.36. The number of esters is 1. The first-order chi connectivity index (χ1) is 20.7. The maximum Gasteiger partial charge on any atom is 0.400 e. The summed E-state index contributed by atoms with van der Waals surface area (Å²) in [5.41, 5.74) is 9.16. The molecule has 0 spiro atoms. The Morgan fingerprint density at radius 3 is 2.20 bits per heavy atom. The number of aryl methyl sites for hydroxylation is 1. The zero-order valence-corrected chi connectivity index (χ0v) is 28.6. The summed E-state index contributed by atoms with van der Waals surface area (Å²) in [6, 6.07) is 13.5. The lowest BCUT2D eigenvalue weighted by molar-refractivity contribution is -0.242. The molecule has 45 heavy (non-hydrogen) atoms. The second-order valence-corrected chi connectivity index (χ2v) is 15.0. The Kier molecular flexibility index (Phi) is 11.3. The van der Waals surface area contributed by atoms with Crippen LogP contribution in [0.5, 0.6) is 11.5 Å². The number of carbonyl (C=O) groups is 1. The second-order valence-electron chi connectivity index (χ2n) is 13.9. The van der Waals surface area contributed by atoms with E-state index < -0.39 is 47.3 Å². The topological polar surface area (TPSA) is 96.8 Å². The number of nitrogens with two attached hydrogens (primary N) is 2. The number of unbranched alkanes of at least 4 members (excludes halogenated alkanes) is 2. The molecule has 0 amide bonds. The molecule has 0 bridgehead atoms. The number of benzene rings is 2. The smallest absolute Gasteiger partial charge is 0.400 e. The van der Waals surface area contributed by atoms with Gasteiger partial charge in [-0.25, -0.2) is 0 Å². The molecular weight excluding hydrogens is 601 g/mol. The van der Waals surface area contributed by atoms with Gasteiger partial charge in [0.05, 0.1) is 12.5 Å². The zero-order chi connectivity index (χ0) is 33.8. The molecule has 6 nitrogen and oxygen atoms in total. The molecule has 250 valence electrons. The summed E-state index contributed by atoms with van der Waals surface area (Å²) >= 11 is 1.51. The molecule has 0 fully saturated rings. The van der Waals surface area contributed by atoms with Crippen molar-refractivity contribution in [3.05, 3.63) is 48.0 Å². The van der Waals surface area contributed by atoms with Crippen LogP contribution in [-0.2, 0) is 16.0 Å². The first-order valence-corrected chi connectivity index (χ1v) is 16.2. The van der Waals surface area contributed by atoms with Crippen molar-refractivity contribution in [3.63, 3.8) is 0 Å². The first-order valence-electron chi connectivity index (χ1n) is 15.4. The van der Waals surface area contributed by atoms with Crippen LogP contribution in [0.25, 0.3) is 20.5 Å². The maximum atomic E-state index is 14.3. The predicted molar refractivity (Wildman–Crippen MR) is 177 cm³/mol. The van der Waals surface area contributed by atoms with Crippen LogP contribution in [0, 0.1) is 10.8 Å². The fourth-order valence-electron chi connectivity index (χ4n) is 5.16. The molecule has 0 radical (unpaired) electrons. The minimum absolute atomic E-state index is 0.256. The van der Waals surface area contributed by atoms with Gasteiger partial charge in [0.2, 0.25) is 0 Å². The van der Waals surface area contributed by atoms with Gasteiger partial charge in [-0.3, -0.25) is 4.79 Å². The molecule has 3 rings (SSSR count). The van der Waals surface area contributed by atoms with Crippen molar-refractivity contribution in [2.75, 3.05) is 20.3 Å². The molecule has 3 aromatic rings. The largest absolute Gasteiger partial charge is 0.496 e. The van der Waals surface area contributed by atoms with E-state index in [9.17, 15) is 18.0 Å². The van der Waals surface area contributed by atoms with E-state index in [-0.39, 0.29) is 12.2 Å². The standard InChI is InChI=1S/C35H49F3N2O4S/c1-9-10-11-12-23-13-16-26(27(17-23)42-8)29-18-24-14-15-25(19-28(24)45-29)43-21-33(6,35(36,37)38)22-44-30(41)32(4,5)34(7,40)20-31(2,3)39/h13-19H,9-12,20-22,39-40H2,1-8H3. The monoisotopic (exact) mass is 650 g/mol. The Morgan fingerprint density at radius 1 is 0.911 bits per heavy atom. The molecule has 1 aromatic heterocycles. The molecular formula is C35H49F3N2O4S. The number of thiophene rings is 1. The third kappa shape index (κ3) is 8.92. The highest BCUT2D eigenvalue weighted by Crippen LogP contribution is 2.43. The summed E-state index contributed by atoms with van der Waals surface area (Å²) < 4.78 is 60.5. The number of rotatable bonds is 15. The third-order valence-electron chi connectivity index (χ3n) is 8.62. The molecule has 0 saturated heterocycles. The number of alkyl halides is 3. The molecule has 0 aliphatic rings. The number of ether oxygens (including phenoxy) is 3. The van der Waals surface area contributed by atoms with Crippen LogP contribution in [-0.4, -0.2) is 43.5 Å². The second kappa shape index (κ2) is 13.9. The van der Waals surface area contributed by atoms with Crippen LogP contribution in [0.3, 0.4) is 0 Å². The van der Waals surface area contributed by atoms with E-state index in [2.05, 4.69) is 25.1 Å². The summed E-state index contributed by atoms with van der Waals surface area (Å²) in [5, 5.41) is 0.941. The van der Waals surface area contributed by atoms with Crippen molar-refractivity contribution < 1.29 is 32.2 Å². The number of methoxy groups -OCH3 is 1. The number of fused-ring (bicyclic) bond motifs is 1. The molecule has 2 atom stereocenters. The van der Waals surface area contributed by atoms with Crippen molar-refractivity contribution in [2.24, 2.45) is 22.3 Å². The van der Waals surface area contributed by atoms with Crippen LogP contribution in [0.2, 0.25) is 0 Å². The minimum Gasteiger partial charge on any atom is -0.496 e. The van der Waals surface area contributed by atoms with Crippen molar-refractivity contribution in [1.82, 2.24) is 0 Å².